The number of ketones is 2. The Labute approximate surface area is 106 Å². The lowest BCUT2D eigenvalue weighted by atomic mass is 10.1. The normalized spacial score (nSPS) is 9.67. The molecule has 6 heteroatoms. The van der Waals surface area contributed by atoms with Gasteiger partial charge >= 0.3 is 11.9 Å². The summed E-state index contributed by atoms with van der Waals surface area (Å²) in [4.78, 5) is 44.2. The molecular weight excluding hydrogens is 240 g/mol. The van der Waals surface area contributed by atoms with E-state index < -0.39 is 23.5 Å². The van der Waals surface area contributed by atoms with E-state index in [9.17, 15) is 19.2 Å². The molecular formula is C12H18O6. The van der Waals surface area contributed by atoms with Gasteiger partial charge in [-0.15, -0.1) is 0 Å². The van der Waals surface area contributed by atoms with Crippen LogP contribution in [0.4, 0.5) is 0 Å². The van der Waals surface area contributed by atoms with Crippen LogP contribution in [0.3, 0.4) is 0 Å². The zero-order valence-corrected chi connectivity index (χ0v) is 10.7. The molecule has 0 saturated heterocycles. The molecule has 0 bridgehead atoms. The Bertz CT molecular complexity index is 289. The lowest BCUT2D eigenvalue weighted by Crippen LogP contribution is -2.18. The summed E-state index contributed by atoms with van der Waals surface area (Å²) in [5.74, 6) is -2.93. The molecule has 0 atom stereocenters. The maximum absolute atomic E-state index is 11.2. The number of ether oxygens (including phenoxy) is 2. The van der Waals surface area contributed by atoms with Crippen molar-refractivity contribution in [1.82, 2.24) is 0 Å². The number of rotatable bonds is 9. The van der Waals surface area contributed by atoms with Crippen molar-refractivity contribution < 1.29 is 28.7 Å². The van der Waals surface area contributed by atoms with Crippen LogP contribution in [-0.4, -0.2) is 36.7 Å². The number of esters is 2. The summed E-state index contributed by atoms with van der Waals surface area (Å²) < 4.78 is 9.04. The first-order valence-corrected chi connectivity index (χ1v) is 5.92. The fourth-order valence-corrected chi connectivity index (χ4v) is 1.20. The molecule has 0 rings (SSSR count). The van der Waals surface area contributed by atoms with Gasteiger partial charge in [-0.05, 0) is 26.7 Å². The SMILES string of the molecule is CCOC(=O)C(=O)CCCCC(=O)C(=O)OCC. The van der Waals surface area contributed by atoms with Crippen molar-refractivity contribution in [2.75, 3.05) is 13.2 Å². The second kappa shape index (κ2) is 9.32. The van der Waals surface area contributed by atoms with Gasteiger partial charge in [0.2, 0.25) is 11.6 Å². The first-order valence-electron chi connectivity index (χ1n) is 5.92. The van der Waals surface area contributed by atoms with Gasteiger partial charge in [0.1, 0.15) is 0 Å². The van der Waals surface area contributed by atoms with E-state index in [1.165, 1.54) is 0 Å². The van der Waals surface area contributed by atoms with E-state index in [0.717, 1.165) is 0 Å². The first-order chi connectivity index (χ1) is 8.52. The summed E-state index contributed by atoms with van der Waals surface area (Å²) in [6, 6.07) is 0. The van der Waals surface area contributed by atoms with Gasteiger partial charge in [-0.2, -0.15) is 0 Å². The number of hydrogen-bond acceptors (Lipinski definition) is 6. The summed E-state index contributed by atoms with van der Waals surface area (Å²) in [6.45, 7) is 3.55. The predicted octanol–water partition coefficient (Wildman–Crippen LogP) is 0.811. The van der Waals surface area contributed by atoms with Gasteiger partial charge in [0.15, 0.2) is 0 Å². The molecule has 0 unspecified atom stereocenters. The number of unbranched alkanes of at least 4 members (excludes halogenated alkanes) is 1. The Balaban J connectivity index is 3.73. The van der Waals surface area contributed by atoms with Crippen LogP contribution in [0.1, 0.15) is 39.5 Å². The van der Waals surface area contributed by atoms with Gasteiger partial charge in [-0.3, -0.25) is 9.59 Å². The third-order valence-corrected chi connectivity index (χ3v) is 2.06. The fourth-order valence-electron chi connectivity index (χ4n) is 1.20. The van der Waals surface area contributed by atoms with Crippen LogP contribution >= 0.6 is 0 Å². The van der Waals surface area contributed by atoms with Crippen molar-refractivity contribution >= 4 is 23.5 Å². The number of carbonyl (C=O) groups excluding carboxylic acids is 4. The first kappa shape index (κ1) is 16.3. The molecule has 0 fully saturated rings. The molecule has 18 heavy (non-hydrogen) atoms. The second-order valence-corrected chi connectivity index (χ2v) is 3.49. The number of hydrogen-bond donors (Lipinski definition) is 0. The summed E-state index contributed by atoms with van der Waals surface area (Å²) in [5.41, 5.74) is 0. The monoisotopic (exact) mass is 258 g/mol. The predicted molar refractivity (Wildman–Crippen MR) is 61.7 cm³/mol. The lowest BCUT2D eigenvalue weighted by Gasteiger charge is -2.01. The van der Waals surface area contributed by atoms with Crippen LogP contribution in [0.5, 0.6) is 0 Å². The minimum atomic E-state index is -0.853. The number of carbonyl (C=O) groups is 4. The molecule has 0 spiro atoms. The van der Waals surface area contributed by atoms with E-state index in [0.29, 0.717) is 12.8 Å². The smallest absolute Gasteiger partial charge is 0.374 e. The van der Waals surface area contributed by atoms with Gasteiger partial charge in [0.05, 0.1) is 13.2 Å². The third kappa shape index (κ3) is 6.78. The molecule has 0 amide bonds. The standard InChI is InChI=1S/C12H18O6/c1-3-17-11(15)9(13)7-5-6-8-10(14)12(16)18-4-2/h3-8H2,1-2H3. The summed E-state index contributed by atoms with van der Waals surface area (Å²) in [5, 5.41) is 0. The van der Waals surface area contributed by atoms with Gasteiger partial charge in [-0.25, -0.2) is 9.59 Å². The lowest BCUT2D eigenvalue weighted by molar-refractivity contribution is -0.154. The second-order valence-electron chi connectivity index (χ2n) is 3.49. The topological polar surface area (TPSA) is 86.7 Å². The Morgan fingerprint density at radius 1 is 0.722 bits per heavy atom. The van der Waals surface area contributed by atoms with E-state index in [4.69, 9.17) is 0 Å². The molecule has 0 heterocycles. The van der Waals surface area contributed by atoms with Crippen LogP contribution in [0.15, 0.2) is 0 Å². The molecule has 0 aliphatic rings. The molecule has 0 aromatic carbocycles. The molecule has 0 aliphatic carbocycles. The highest BCUT2D eigenvalue weighted by Crippen LogP contribution is 2.03. The molecule has 102 valence electrons. The van der Waals surface area contributed by atoms with Crippen LogP contribution in [0, 0.1) is 0 Å². The quantitative estimate of drug-likeness (QED) is 0.345. The molecule has 0 aliphatic heterocycles. The highest BCUT2D eigenvalue weighted by Gasteiger charge is 2.16. The van der Waals surface area contributed by atoms with E-state index in [1.807, 2.05) is 0 Å². The van der Waals surface area contributed by atoms with E-state index in [1.54, 1.807) is 13.8 Å². The molecule has 0 radical (unpaired) electrons. The van der Waals surface area contributed by atoms with Crippen molar-refractivity contribution in [1.29, 1.82) is 0 Å². The Kier molecular flexibility index (Phi) is 8.43. The molecule has 0 aromatic heterocycles. The maximum Gasteiger partial charge on any atom is 0.374 e. The number of Topliss-reactive ketones (excluding diaryl/α,β-unsaturated/α-hetero) is 2. The highest BCUT2D eigenvalue weighted by atomic mass is 16.5. The van der Waals surface area contributed by atoms with Crippen LogP contribution in [0.2, 0.25) is 0 Å². The Hall–Kier alpha value is -1.72. The van der Waals surface area contributed by atoms with Crippen molar-refractivity contribution in [2.24, 2.45) is 0 Å². The summed E-state index contributed by atoms with van der Waals surface area (Å²) in [7, 11) is 0. The van der Waals surface area contributed by atoms with Gasteiger partial charge in [0, 0.05) is 12.8 Å². The minimum absolute atomic E-state index is 0.0228. The summed E-state index contributed by atoms with van der Waals surface area (Å²) >= 11 is 0. The van der Waals surface area contributed by atoms with Gasteiger partial charge in [0.25, 0.3) is 0 Å². The zero-order valence-electron chi connectivity index (χ0n) is 10.7. The average Bonchev–Trinajstić information content (AvgIpc) is 2.34. The minimum Gasteiger partial charge on any atom is -0.460 e. The van der Waals surface area contributed by atoms with Crippen molar-refractivity contribution in [3.8, 4) is 0 Å². The van der Waals surface area contributed by atoms with Crippen LogP contribution < -0.4 is 0 Å². The highest BCUT2D eigenvalue weighted by molar-refractivity contribution is 6.34. The Morgan fingerprint density at radius 3 is 1.33 bits per heavy atom. The maximum atomic E-state index is 11.2. The molecule has 0 saturated carbocycles. The van der Waals surface area contributed by atoms with Crippen LogP contribution in [-0.2, 0) is 28.7 Å². The molecule has 0 N–H and O–H groups in total. The Morgan fingerprint density at radius 2 is 1.06 bits per heavy atom. The summed E-state index contributed by atoms with van der Waals surface area (Å²) in [6.07, 6.45) is 0.773. The van der Waals surface area contributed by atoms with Gasteiger partial charge < -0.3 is 9.47 Å². The van der Waals surface area contributed by atoms with Gasteiger partial charge in [-0.1, -0.05) is 0 Å². The van der Waals surface area contributed by atoms with E-state index in [2.05, 4.69) is 9.47 Å². The fraction of sp³-hybridized carbons (Fsp3) is 0.667. The zero-order chi connectivity index (χ0) is 14.0. The van der Waals surface area contributed by atoms with Crippen molar-refractivity contribution in [3.05, 3.63) is 0 Å². The van der Waals surface area contributed by atoms with E-state index >= 15 is 0 Å². The molecule has 0 aromatic rings. The van der Waals surface area contributed by atoms with E-state index in [-0.39, 0.29) is 26.1 Å². The van der Waals surface area contributed by atoms with Crippen molar-refractivity contribution in [2.45, 2.75) is 39.5 Å². The average molecular weight is 258 g/mol. The molecule has 6 nitrogen and oxygen atoms in total. The van der Waals surface area contributed by atoms with Crippen LogP contribution in [0.25, 0.3) is 0 Å². The third-order valence-electron chi connectivity index (χ3n) is 2.06. The van der Waals surface area contributed by atoms with Crippen molar-refractivity contribution in [3.63, 3.8) is 0 Å². The largest absolute Gasteiger partial charge is 0.460 e.